The minimum absolute atomic E-state index is 0.0792. The van der Waals surface area contributed by atoms with Crippen molar-refractivity contribution in [1.29, 1.82) is 0 Å². The number of nitrogens with zero attached hydrogens (tertiary/aromatic N) is 5. The highest BCUT2D eigenvalue weighted by atomic mass is 19.4. The molecule has 2 atom stereocenters. The molecule has 1 unspecified atom stereocenters. The van der Waals surface area contributed by atoms with E-state index in [-0.39, 0.29) is 40.5 Å². The van der Waals surface area contributed by atoms with E-state index < -0.39 is 12.3 Å². The van der Waals surface area contributed by atoms with Gasteiger partial charge in [-0.15, -0.1) is 0 Å². The molecule has 0 radical (unpaired) electrons. The van der Waals surface area contributed by atoms with E-state index in [4.69, 9.17) is 19.9 Å². The SMILES string of the molecule is CCOC(=O)C1CC2(CCN(c3cc(O[C@H](c4ccc(-c5ccc(OCC(C)C)cc5)cc4-n4ccc(C)n4)C(F)(F)F)nc(N)n3)CC2)CN1. The maximum atomic E-state index is 15.0. The van der Waals surface area contributed by atoms with E-state index in [0.717, 1.165) is 18.4 Å². The Morgan fingerprint density at radius 1 is 1.06 bits per heavy atom. The van der Waals surface area contributed by atoms with Crippen LogP contribution in [0.15, 0.2) is 60.8 Å². The average molecular weight is 708 g/mol. The van der Waals surface area contributed by atoms with E-state index in [9.17, 15) is 18.0 Å². The van der Waals surface area contributed by atoms with Gasteiger partial charge in [0.2, 0.25) is 17.9 Å². The maximum absolute atomic E-state index is 15.0. The molecule has 272 valence electrons. The molecule has 3 N–H and O–H groups in total. The minimum Gasteiger partial charge on any atom is -0.493 e. The van der Waals surface area contributed by atoms with Crippen LogP contribution in [0, 0.1) is 18.3 Å². The van der Waals surface area contributed by atoms with Gasteiger partial charge in [0.15, 0.2) is 0 Å². The molecular weight excluding hydrogens is 663 g/mol. The van der Waals surface area contributed by atoms with Crippen molar-refractivity contribution in [3.63, 3.8) is 0 Å². The number of piperidine rings is 1. The van der Waals surface area contributed by atoms with Crippen LogP contribution in [0.4, 0.5) is 24.9 Å². The summed E-state index contributed by atoms with van der Waals surface area (Å²) in [6.45, 7) is 10.4. The quantitative estimate of drug-likeness (QED) is 0.168. The molecule has 0 saturated carbocycles. The molecule has 4 heterocycles. The van der Waals surface area contributed by atoms with Crippen molar-refractivity contribution >= 4 is 17.7 Å². The molecule has 4 aromatic rings. The molecule has 14 heteroatoms. The van der Waals surface area contributed by atoms with Gasteiger partial charge in [-0.05, 0) is 79.8 Å². The Bertz CT molecular complexity index is 1820. The number of aryl methyl sites for hydroxylation is 1. The van der Waals surface area contributed by atoms with Crippen LogP contribution in [-0.4, -0.2) is 70.8 Å². The number of aromatic nitrogens is 4. The summed E-state index contributed by atoms with van der Waals surface area (Å²) in [7, 11) is 0. The molecule has 2 saturated heterocycles. The van der Waals surface area contributed by atoms with Crippen molar-refractivity contribution in [1.82, 2.24) is 25.1 Å². The number of anilines is 2. The predicted octanol–water partition coefficient (Wildman–Crippen LogP) is 6.45. The van der Waals surface area contributed by atoms with Gasteiger partial charge in [0.05, 0.1) is 24.6 Å². The van der Waals surface area contributed by atoms with Gasteiger partial charge in [-0.2, -0.15) is 28.2 Å². The van der Waals surface area contributed by atoms with Crippen LogP contribution in [0.25, 0.3) is 16.8 Å². The summed E-state index contributed by atoms with van der Waals surface area (Å²) in [5.74, 6) is 0.708. The predicted molar refractivity (Wildman–Crippen MR) is 187 cm³/mol. The van der Waals surface area contributed by atoms with E-state index in [0.29, 0.717) is 68.0 Å². The zero-order valence-corrected chi connectivity index (χ0v) is 29.2. The third kappa shape index (κ3) is 8.38. The fourth-order valence-electron chi connectivity index (χ4n) is 6.70. The third-order valence-corrected chi connectivity index (χ3v) is 9.38. The molecule has 0 bridgehead atoms. The normalized spacial score (nSPS) is 17.9. The van der Waals surface area contributed by atoms with E-state index in [2.05, 4.69) is 34.2 Å². The second-order valence-corrected chi connectivity index (χ2v) is 13.7. The summed E-state index contributed by atoms with van der Waals surface area (Å²) >= 11 is 0. The number of esters is 1. The Morgan fingerprint density at radius 2 is 1.78 bits per heavy atom. The fourth-order valence-corrected chi connectivity index (χ4v) is 6.70. The van der Waals surface area contributed by atoms with Crippen molar-refractivity contribution in [2.45, 2.75) is 65.3 Å². The van der Waals surface area contributed by atoms with E-state index in [1.165, 1.54) is 16.8 Å². The van der Waals surface area contributed by atoms with Crippen LogP contribution < -0.4 is 25.4 Å². The summed E-state index contributed by atoms with van der Waals surface area (Å²) in [5, 5.41) is 7.73. The highest BCUT2D eigenvalue weighted by Gasteiger charge is 2.46. The number of halogens is 3. The molecule has 51 heavy (non-hydrogen) atoms. The monoisotopic (exact) mass is 707 g/mol. The van der Waals surface area contributed by atoms with Crippen molar-refractivity contribution < 1.29 is 32.2 Å². The molecule has 1 spiro atoms. The largest absolute Gasteiger partial charge is 0.493 e. The Hall–Kier alpha value is -4.85. The molecule has 2 aliphatic heterocycles. The van der Waals surface area contributed by atoms with E-state index in [1.54, 1.807) is 38.2 Å². The lowest BCUT2D eigenvalue weighted by molar-refractivity contribution is -0.198. The zero-order valence-electron chi connectivity index (χ0n) is 29.2. The van der Waals surface area contributed by atoms with Gasteiger partial charge < -0.3 is 30.2 Å². The number of hydrogen-bond acceptors (Lipinski definition) is 10. The Labute approximate surface area is 295 Å². The lowest BCUT2D eigenvalue weighted by Crippen LogP contribution is -2.41. The lowest BCUT2D eigenvalue weighted by Gasteiger charge is -2.39. The highest BCUT2D eigenvalue weighted by molar-refractivity contribution is 5.76. The smallest absolute Gasteiger partial charge is 0.429 e. The number of nitrogens with one attached hydrogen (secondary N) is 1. The number of hydrogen-bond donors (Lipinski definition) is 2. The highest BCUT2D eigenvalue weighted by Crippen LogP contribution is 2.43. The first-order valence-electron chi connectivity index (χ1n) is 17.3. The van der Waals surface area contributed by atoms with Crippen LogP contribution in [0.1, 0.15) is 57.4 Å². The standard InChI is InChI=1S/C37H44F3N7O4/c1-5-49-34(48)29-20-36(22-42-29)13-16-46(17-14-36)31-19-32(44-35(41)43-31)51-33(37(38,39)40)28-11-8-26(18-30(28)47-15-12-24(4)45-47)25-6-9-27(10-7-25)50-21-23(2)3/h6-12,15,18-19,23,29,33,42H,5,13-14,16-17,20-22H2,1-4H3,(H2,41,43,44)/t29?,33-/m1/s1. The first-order chi connectivity index (χ1) is 24.3. The van der Waals surface area contributed by atoms with Gasteiger partial charge in [0.1, 0.15) is 17.6 Å². The van der Waals surface area contributed by atoms with Crippen LogP contribution >= 0.6 is 0 Å². The second kappa shape index (κ2) is 14.8. The summed E-state index contributed by atoms with van der Waals surface area (Å²) in [6, 6.07) is 14.9. The molecule has 0 amide bonds. The van der Waals surface area contributed by atoms with Crippen molar-refractivity contribution in [3.8, 4) is 28.4 Å². The number of nitrogens with two attached hydrogens (primary N) is 1. The van der Waals surface area contributed by atoms with E-state index in [1.807, 2.05) is 29.2 Å². The summed E-state index contributed by atoms with van der Waals surface area (Å²) < 4.78 is 63.0. The Morgan fingerprint density at radius 3 is 2.43 bits per heavy atom. The zero-order chi connectivity index (χ0) is 36.3. The number of alkyl halides is 3. The van der Waals surface area contributed by atoms with Crippen molar-refractivity contribution in [3.05, 3.63) is 72.1 Å². The van der Waals surface area contributed by atoms with Gasteiger partial charge >= 0.3 is 12.1 Å². The van der Waals surface area contributed by atoms with Crippen LogP contribution in [0.2, 0.25) is 0 Å². The van der Waals surface area contributed by atoms with Gasteiger partial charge in [-0.1, -0.05) is 38.1 Å². The molecule has 0 aliphatic carbocycles. The van der Waals surface area contributed by atoms with Crippen LogP contribution in [0.5, 0.6) is 11.6 Å². The molecule has 2 fully saturated rings. The molecule has 2 aliphatic rings. The van der Waals surface area contributed by atoms with Crippen molar-refractivity contribution in [2.75, 3.05) is 43.5 Å². The van der Waals surface area contributed by atoms with Crippen LogP contribution in [0.3, 0.4) is 0 Å². The average Bonchev–Trinajstić information content (AvgIpc) is 3.72. The third-order valence-electron chi connectivity index (χ3n) is 9.38. The summed E-state index contributed by atoms with van der Waals surface area (Å²) in [6.07, 6.45) is -3.42. The number of rotatable bonds is 11. The number of carbonyl (C=O) groups is 1. The van der Waals surface area contributed by atoms with Gasteiger partial charge in [-0.3, -0.25) is 4.79 Å². The maximum Gasteiger partial charge on any atom is 0.429 e. The fraction of sp³-hybridized carbons (Fsp3) is 0.459. The van der Waals surface area contributed by atoms with Crippen LogP contribution in [-0.2, 0) is 9.53 Å². The molecule has 6 rings (SSSR count). The summed E-state index contributed by atoms with van der Waals surface area (Å²) in [5.41, 5.74) is 8.16. The second-order valence-electron chi connectivity index (χ2n) is 13.7. The number of ether oxygens (including phenoxy) is 3. The molecule has 2 aromatic heterocycles. The Balaban J connectivity index is 1.25. The van der Waals surface area contributed by atoms with Gasteiger partial charge in [0.25, 0.3) is 0 Å². The number of carbonyl (C=O) groups excluding carboxylic acids is 1. The Kier molecular flexibility index (Phi) is 10.4. The topological polar surface area (TPSA) is 130 Å². The minimum atomic E-state index is -4.82. The van der Waals surface area contributed by atoms with Crippen molar-refractivity contribution in [2.24, 2.45) is 11.3 Å². The summed E-state index contributed by atoms with van der Waals surface area (Å²) in [4.78, 5) is 22.7. The van der Waals surface area contributed by atoms with Gasteiger partial charge in [-0.25, -0.2) is 4.68 Å². The first-order valence-corrected chi connectivity index (χ1v) is 17.3. The first kappa shape index (κ1) is 36.0. The van der Waals surface area contributed by atoms with E-state index >= 15 is 0 Å². The van der Waals surface area contributed by atoms with Gasteiger partial charge in [0, 0.05) is 37.5 Å². The molecule has 2 aromatic carbocycles. The molecule has 11 nitrogen and oxygen atoms in total. The molecular formula is C37H44F3N7O4. The number of benzene rings is 2. The number of nitrogen functional groups attached to an aromatic ring is 1. The lowest BCUT2D eigenvalue weighted by atomic mass is 9.76.